The lowest BCUT2D eigenvalue weighted by Crippen LogP contribution is -2.54. The summed E-state index contributed by atoms with van der Waals surface area (Å²) in [6.07, 6.45) is 2.86. The lowest BCUT2D eigenvalue weighted by atomic mass is 9.78. The molecule has 4 unspecified atom stereocenters. The van der Waals surface area contributed by atoms with Gasteiger partial charge in [-0.3, -0.25) is 14.5 Å². The van der Waals surface area contributed by atoms with Gasteiger partial charge in [-0.25, -0.2) is 0 Å². The van der Waals surface area contributed by atoms with Crippen LogP contribution in [0.1, 0.15) is 43.4 Å². The molecule has 0 bridgehead atoms. The van der Waals surface area contributed by atoms with Crippen molar-refractivity contribution in [2.24, 2.45) is 5.92 Å². The van der Waals surface area contributed by atoms with Crippen molar-refractivity contribution in [3.63, 3.8) is 0 Å². The molecule has 2 aromatic rings. The highest BCUT2D eigenvalue weighted by Crippen LogP contribution is 2.55. The highest BCUT2D eigenvalue weighted by atomic mass is 16.2. The zero-order valence-corrected chi connectivity index (χ0v) is 16.0. The number of nitrogens with zero attached hydrogens (tertiary/aromatic N) is 1. The van der Waals surface area contributed by atoms with Crippen LogP contribution in [0, 0.1) is 5.92 Å². The molecular weight excluding hydrogens is 350 g/mol. The number of hydrogen-bond acceptors (Lipinski definition) is 3. The summed E-state index contributed by atoms with van der Waals surface area (Å²) in [6, 6.07) is 18.0. The van der Waals surface area contributed by atoms with E-state index < -0.39 is 5.54 Å². The number of nitrogens with one attached hydrogen (secondary N) is 2. The minimum Gasteiger partial charge on any atom is -0.349 e. The highest BCUT2D eigenvalue weighted by Gasteiger charge is 2.65. The van der Waals surface area contributed by atoms with Gasteiger partial charge in [0.15, 0.2) is 0 Å². The molecule has 4 atom stereocenters. The summed E-state index contributed by atoms with van der Waals surface area (Å²) in [7, 11) is 0. The van der Waals surface area contributed by atoms with Gasteiger partial charge in [-0.1, -0.05) is 48.5 Å². The molecule has 5 heteroatoms. The molecule has 0 radical (unpaired) electrons. The van der Waals surface area contributed by atoms with Gasteiger partial charge in [0.2, 0.25) is 11.8 Å². The van der Waals surface area contributed by atoms with Crippen LogP contribution in [0.25, 0.3) is 0 Å². The molecule has 2 fully saturated rings. The zero-order chi connectivity index (χ0) is 19.3. The number of amides is 2. The molecule has 3 aliphatic rings. The van der Waals surface area contributed by atoms with Gasteiger partial charge >= 0.3 is 0 Å². The second-order valence-corrected chi connectivity index (χ2v) is 8.18. The van der Waals surface area contributed by atoms with Crippen molar-refractivity contribution in [3.05, 3.63) is 65.7 Å². The quantitative estimate of drug-likeness (QED) is 0.866. The number of benzene rings is 2. The Morgan fingerprint density at radius 3 is 2.75 bits per heavy atom. The van der Waals surface area contributed by atoms with E-state index in [1.54, 1.807) is 0 Å². The van der Waals surface area contributed by atoms with Crippen LogP contribution in [-0.2, 0) is 15.1 Å². The Balaban J connectivity index is 1.52. The molecule has 2 aromatic carbocycles. The Hall–Kier alpha value is -2.66. The molecule has 5 rings (SSSR count). The van der Waals surface area contributed by atoms with E-state index in [2.05, 4.69) is 15.5 Å². The van der Waals surface area contributed by atoms with E-state index in [-0.39, 0.29) is 23.8 Å². The predicted molar refractivity (Wildman–Crippen MR) is 108 cm³/mol. The Labute approximate surface area is 165 Å². The van der Waals surface area contributed by atoms with Crippen molar-refractivity contribution in [1.82, 2.24) is 10.2 Å². The Morgan fingerprint density at radius 1 is 1.18 bits per heavy atom. The van der Waals surface area contributed by atoms with Crippen molar-refractivity contribution in [2.75, 3.05) is 11.9 Å². The summed E-state index contributed by atoms with van der Waals surface area (Å²) in [5.74, 6) is -0.462. The number of carbonyl (C=O) groups excluding carboxylic acids is 2. The Bertz CT molecular complexity index is 928. The van der Waals surface area contributed by atoms with Crippen molar-refractivity contribution < 1.29 is 9.59 Å². The molecule has 5 nitrogen and oxygen atoms in total. The van der Waals surface area contributed by atoms with Crippen molar-refractivity contribution in [2.45, 2.75) is 43.8 Å². The summed E-state index contributed by atoms with van der Waals surface area (Å²) in [4.78, 5) is 29.1. The largest absolute Gasteiger partial charge is 0.349 e. The van der Waals surface area contributed by atoms with E-state index >= 15 is 0 Å². The fourth-order valence-corrected chi connectivity index (χ4v) is 5.52. The predicted octanol–water partition coefficient (Wildman–Crippen LogP) is 3.20. The minimum atomic E-state index is -0.877. The topological polar surface area (TPSA) is 61.4 Å². The number of carbonyl (C=O) groups is 2. The van der Waals surface area contributed by atoms with Gasteiger partial charge in [0.25, 0.3) is 0 Å². The number of hydrogen-bond donors (Lipinski definition) is 2. The fraction of sp³-hybridized carbons (Fsp3) is 0.391. The van der Waals surface area contributed by atoms with Gasteiger partial charge in [0.1, 0.15) is 5.54 Å². The summed E-state index contributed by atoms with van der Waals surface area (Å²) >= 11 is 0. The second kappa shape index (κ2) is 6.45. The van der Waals surface area contributed by atoms with Crippen LogP contribution in [0.4, 0.5) is 5.69 Å². The third kappa shape index (κ3) is 2.35. The van der Waals surface area contributed by atoms with Gasteiger partial charge < -0.3 is 10.6 Å². The zero-order valence-electron chi connectivity index (χ0n) is 16.0. The number of fused-ring (bicyclic) bond motifs is 4. The van der Waals surface area contributed by atoms with Crippen LogP contribution in [-0.4, -0.2) is 29.3 Å². The van der Waals surface area contributed by atoms with Crippen LogP contribution >= 0.6 is 0 Å². The van der Waals surface area contributed by atoms with Gasteiger partial charge in [-0.15, -0.1) is 0 Å². The van der Waals surface area contributed by atoms with Crippen molar-refractivity contribution in [3.8, 4) is 0 Å². The van der Waals surface area contributed by atoms with Crippen molar-refractivity contribution >= 4 is 17.5 Å². The normalized spacial score (nSPS) is 29.4. The van der Waals surface area contributed by atoms with Gasteiger partial charge in [-0.2, -0.15) is 0 Å². The molecule has 0 saturated carbocycles. The molecule has 2 N–H and O–H groups in total. The van der Waals surface area contributed by atoms with Crippen LogP contribution in [0.2, 0.25) is 0 Å². The second-order valence-electron chi connectivity index (χ2n) is 8.18. The lowest BCUT2D eigenvalue weighted by molar-refractivity contribution is -0.137. The molecule has 3 aliphatic heterocycles. The van der Waals surface area contributed by atoms with E-state index in [0.717, 1.165) is 42.6 Å². The number of rotatable bonds is 3. The van der Waals surface area contributed by atoms with Crippen molar-refractivity contribution in [1.29, 1.82) is 0 Å². The summed E-state index contributed by atoms with van der Waals surface area (Å²) in [5.41, 5.74) is 1.99. The van der Waals surface area contributed by atoms with E-state index in [9.17, 15) is 9.59 Å². The molecule has 0 aromatic heterocycles. The molecule has 0 aliphatic carbocycles. The number of para-hydroxylation sites is 1. The fourth-order valence-electron chi connectivity index (χ4n) is 5.52. The SMILES string of the molecule is CC(NC(=O)C1CC2CCCN2C12C(=O)Nc1ccccc12)c1ccccc1. The summed E-state index contributed by atoms with van der Waals surface area (Å²) in [6.45, 7) is 2.86. The highest BCUT2D eigenvalue weighted by molar-refractivity contribution is 6.09. The minimum absolute atomic E-state index is 0.0300. The summed E-state index contributed by atoms with van der Waals surface area (Å²) < 4.78 is 0. The van der Waals surface area contributed by atoms with Crippen LogP contribution < -0.4 is 10.6 Å². The van der Waals surface area contributed by atoms with E-state index in [0.29, 0.717) is 6.04 Å². The average molecular weight is 375 g/mol. The standard InChI is InChI=1S/C23H25N3O2/c1-15(16-8-3-2-4-9-16)24-21(27)19-14-17-10-7-13-26(17)23(19)18-11-5-6-12-20(18)25-22(23)28/h2-6,8-9,11-12,15,17,19H,7,10,13-14H2,1H3,(H,24,27)(H,25,28). The average Bonchev–Trinajstić information content (AvgIpc) is 3.37. The first-order valence-corrected chi connectivity index (χ1v) is 10.2. The molecule has 2 amide bonds. The molecule has 3 heterocycles. The maximum Gasteiger partial charge on any atom is 0.250 e. The van der Waals surface area contributed by atoms with Crippen LogP contribution in [0.15, 0.2) is 54.6 Å². The van der Waals surface area contributed by atoms with Crippen LogP contribution in [0.3, 0.4) is 0 Å². The smallest absolute Gasteiger partial charge is 0.250 e. The first-order valence-electron chi connectivity index (χ1n) is 10.2. The molecule has 28 heavy (non-hydrogen) atoms. The lowest BCUT2D eigenvalue weighted by Gasteiger charge is -2.36. The van der Waals surface area contributed by atoms with Gasteiger partial charge in [0, 0.05) is 17.3 Å². The maximum atomic E-state index is 13.5. The molecule has 144 valence electrons. The van der Waals surface area contributed by atoms with E-state index in [4.69, 9.17) is 0 Å². The first kappa shape index (κ1) is 17.4. The van der Waals surface area contributed by atoms with E-state index in [1.165, 1.54) is 0 Å². The number of anilines is 1. The monoisotopic (exact) mass is 375 g/mol. The molecule has 1 spiro atoms. The van der Waals surface area contributed by atoms with Gasteiger partial charge in [-0.05, 0) is 44.4 Å². The Kier molecular flexibility index (Phi) is 4.02. The molecular formula is C23H25N3O2. The molecule has 2 saturated heterocycles. The third-order valence-corrected chi connectivity index (χ3v) is 6.75. The Morgan fingerprint density at radius 2 is 1.93 bits per heavy atom. The van der Waals surface area contributed by atoms with Crippen LogP contribution in [0.5, 0.6) is 0 Å². The third-order valence-electron chi connectivity index (χ3n) is 6.75. The first-order chi connectivity index (χ1) is 13.6. The summed E-state index contributed by atoms with van der Waals surface area (Å²) in [5, 5.41) is 6.24. The van der Waals surface area contributed by atoms with Gasteiger partial charge in [0.05, 0.1) is 12.0 Å². The van der Waals surface area contributed by atoms with E-state index in [1.807, 2.05) is 61.5 Å². The maximum absolute atomic E-state index is 13.5.